The summed E-state index contributed by atoms with van der Waals surface area (Å²) in [5, 5.41) is 24.0. The number of carbonyl (C=O) groups excluding carboxylic acids is 2. The van der Waals surface area contributed by atoms with Crippen LogP contribution in [0.1, 0.15) is 73.2 Å². The third kappa shape index (κ3) is 11.9. The highest BCUT2D eigenvalue weighted by Crippen LogP contribution is 2.21. The SMILES string of the molecule is O=C1Cc2ccccc2OCCCC/C=C\CCCCOc2cccc(c2)CC(=O)Nc2nnc(s2)CCCCc2ccc(nn2)N1. The number of para-hydroxylation sites is 1. The van der Waals surface area contributed by atoms with Gasteiger partial charge >= 0.3 is 0 Å². The topological polar surface area (TPSA) is 128 Å². The predicted molar refractivity (Wildman–Crippen MR) is 184 cm³/mol. The van der Waals surface area contributed by atoms with E-state index in [9.17, 15) is 9.59 Å². The van der Waals surface area contributed by atoms with Crippen molar-refractivity contribution >= 4 is 34.1 Å². The number of allylic oxidation sites excluding steroid dienone is 2. The van der Waals surface area contributed by atoms with Crippen LogP contribution in [0.5, 0.6) is 11.5 Å². The first-order valence-corrected chi connectivity index (χ1v) is 17.2. The fourth-order valence-electron chi connectivity index (χ4n) is 5.13. The molecule has 2 N–H and O–H groups in total. The smallest absolute Gasteiger partial charge is 0.230 e. The summed E-state index contributed by atoms with van der Waals surface area (Å²) in [6.07, 6.45) is 14.2. The van der Waals surface area contributed by atoms with Gasteiger partial charge in [0.15, 0.2) is 5.82 Å². The van der Waals surface area contributed by atoms with E-state index in [0.29, 0.717) is 24.2 Å². The van der Waals surface area contributed by atoms with Crippen molar-refractivity contribution in [3.05, 3.63) is 94.6 Å². The Hall–Kier alpha value is -4.64. The monoisotopic (exact) mass is 654 g/mol. The second-order valence-corrected chi connectivity index (χ2v) is 12.5. The molecule has 6 bridgehead atoms. The molecule has 2 aromatic heterocycles. The largest absolute Gasteiger partial charge is 0.494 e. The molecule has 0 fully saturated rings. The fraction of sp³-hybridized carbons (Fsp3) is 0.389. The highest BCUT2D eigenvalue weighted by atomic mass is 32.1. The Kier molecular flexibility index (Phi) is 13.3. The molecule has 2 aromatic carbocycles. The average Bonchev–Trinajstić information content (AvgIpc) is 3.51. The van der Waals surface area contributed by atoms with Gasteiger partial charge in [0.05, 0.1) is 31.7 Å². The first-order chi connectivity index (χ1) is 23.1. The molecule has 10 nitrogen and oxygen atoms in total. The minimum atomic E-state index is -0.168. The van der Waals surface area contributed by atoms with Gasteiger partial charge in [-0.15, -0.1) is 15.3 Å². The Labute approximate surface area is 280 Å². The number of hydrogen-bond acceptors (Lipinski definition) is 9. The highest BCUT2D eigenvalue weighted by Gasteiger charge is 2.12. The standard InChI is InChI=1S/C36H42N6O4S/c43-33-25-27-14-13-17-30(24-27)45-22-11-5-3-1-2-4-6-12-23-46-31-18-9-7-15-28(31)26-34(44)37-32-21-20-29(39-40-32)16-8-10-19-35-41-42-36(38-33)47-35/h1-2,7,9,13-15,17-18,20-21,24H,3-6,8,10-12,16,19,22-23,25-26H2,(H,37,40,44)(H,38,42,43)/b2-1-. The molecule has 246 valence electrons. The van der Waals surface area contributed by atoms with E-state index in [1.54, 1.807) is 6.07 Å². The van der Waals surface area contributed by atoms with Gasteiger partial charge in [0.25, 0.3) is 0 Å². The first kappa shape index (κ1) is 33.7. The van der Waals surface area contributed by atoms with E-state index in [4.69, 9.17) is 9.47 Å². The predicted octanol–water partition coefficient (Wildman–Crippen LogP) is 6.92. The number of nitrogens with zero attached hydrogens (tertiary/aromatic N) is 4. The molecule has 2 amide bonds. The third-order valence-corrected chi connectivity index (χ3v) is 8.48. The highest BCUT2D eigenvalue weighted by molar-refractivity contribution is 7.15. The summed E-state index contributed by atoms with van der Waals surface area (Å²) in [5.74, 6) is 1.63. The zero-order chi connectivity index (χ0) is 32.5. The number of fused-ring (bicyclic) bond motifs is 19. The second-order valence-electron chi connectivity index (χ2n) is 11.5. The fourth-order valence-corrected chi connectivity index (χ4v) is 5.93. The summed E-state index contributed by atoms with van der Waals surface area (Å²) >= 11 is 1.40. The molecule has 0 spiro atoms. The number of anilines is 2. The lowest BCUT2D eigenvalue weighted by atomic mass is 10.1. The maximum Gasteiger partial charge on any atom is 0.230 e. The van der Waals surface area contributed by atoms with E-state index < -0.39 is 0 Å². The molecule has 0 aliphatic carbocycles. The van der Waals surface area contributed by atoms with Gasteiger partial charge in [0.1, 0.15) is 16.5 Å². The number of amides is 2. The van der Waals surface area contributed by atoms with E-state index in [1.165, 1.54) is 11.3 Å². The zero-order valence-electron chi connectivity index (χ0n) is 26.7. The molecule has 2 aliphatic heterocycles. The Morgan fingerprint density at radius 3 is 2.28 bits per heavy atom. The van der Waals surface area contributed by atoms with Gasteiger partial charge in [0.2, 0.25) is 16.9 Å². The Morgan fingerprint density at radius 1 is 0.660 bits per heavy atom. The van der Waals surface area contributed by atoms with Crippen LogP contribution in [0.4, 0.5) is 10.9 Å². The minimum absolute atomic E-state index is 0.135. The van der Waals surface area contributed by atoms with Crippen molar-refractivity contribution in [1.82, 2.24) is 20.4 Å². The molecule has 0 saturated heterocycles. The van der Waals surface area contributed by atoms with Crippen molar-refractivity contribution in [2.45, 2.75) is 77.0 Å². The molecule has 6 rings (SSSR count). The Morgan fingerprint density at radius 2 is 1.45 bits per heavy atom. The van der Waals surface area contributed by atoms with Gasteiger partial charge in [-0.05, 0) is 93.7 Å². The average molecular weight is 655 g/mol. The summed E-state index contributed by atoms with van der Waals surface area (Å²) in [4.78, 5) is 25.4. The maximum atomic E-state index is 12.8. The molecule has 4 heterocycles. The summed E-state index contributed by atoms with van der Waals surface area (Å²) in [6, 6.07) is 19.0. The number of benzene rings is 2. The van der Waals surface area contributed by atoms with Crippen molar-refractivity contribution < 1.29 is 19.1 Å². The quantitative estimate of drug-likeness (QED) is 0.196. The van der Waals surface area contributed by atoms with Gasteiger partial charge in [0, 0.05) is 12.0 Å². The molecule has 0 atom stereocenters. The number of nitrogens with one attached hydrogen (secondary N) is 2. The Balaban J connectivity index is 1.16. The second kappa shape index (κ2) is 18.5. The molecule has 0 radical (unpaired) electrons. The lowest BCUT2D eigenvalue weighted by Crippen LogP contribution is -2.16. The van der Waals surface area contributed by atoms with E-state index >= 15 is 0 Å². The van der Waals surface area contributed by atoms with E-state index in [-0.39, 0.29) is 24.7 Å². The lowest BCUT2D eigenvalue weighted by Gasteiger charge is -2.11. The van der Waals surface area contributed by atoms with E-state index in [0.717, 1.165) is 97.5 Å². The number of aromatic nitrogens is 4. The van der Waals surface area contributed by atoms with Crippen LogP contribution < -0.4 is 20.1 Å². The van der Waals surface area contributed by atoms with E-state index in [1.807, 2.05) is 54.6 Å². The van der Waals surface area contributed by atoms with Gasteiger partial charge in [-0.3, -0.25) is 9.59 Å². The van der Waals surface area contributed by atoms with Crippen molar-refractivity contribution in [3.63, 3.8) is 0 Å². The molecule has 4 aromatic rings. The molecule has 47 heavy (non-hydrogen) atoms. The van der Waals surface area contributed by atoms with Crippen molar-refractivity contribution in [3.8, 4) is 11.5 Å². The van der Waals surface area contributed by atoms with Gasteiger partial charge in [-0.1, -0.05) is 53.8 Å². The van der Waals surface area contributed by atoms with Crippen LogP contribution in [-0.2, 0) is 35.3 Å². The number of ether oxygens (including phenoxy) is 2. The van der Waals surface area contributed by atoms with Gasteiger partial charge < -0.3 is 20.1 Å². The summed E-state index contributed by atoms with van der Waals surface area (Å²) < 4.78 is 12.0. The molecule has 0 unspecified atom stereocenters. The van der Waals surface area contributed by atoms with Crippen molar-refractivity contribution in [2.75, 3.05) is 23.8 Å². The third-order valence-electron chi connectivity index (χ3n) is 7.58. The number of aryl methyl sites for hydroxylation is 2. The van der Waals surface area contributed by atoms with Crippen LogP contribution in [0, 0.1) is 0 Å². The molecule has 2 aliphatic rings. The minimum Gasteiger partial charge on any atom is -0.494 e. The molecule has 11 heteroatoms. The number of hydrogen-bond donors (Lipinski definition) is 2. The van der Waals surface area contributed by atoms with E-state index in [2.05, 4.69) is 43.2 Å². The zero-order valence-corrected chi connectivity index (χ0v) is 27.5. The van der Waals surface area contributed by atoms with Crippen LogP contribution >= 0.6 is 11.3 Å². The summed E-state index contributed by atoms with van der Waals surface area (Å²) in [6.45, 7) is 1.24. The van der Waals surface area contributed by atoms with Crippen LogP contribution in [0.25, 0.3) is 0 Å². The first-order valence-electron chi connectivity index (χ1n) is 16.4. The summed E-state index contributed by atoms with van der Waals surface area (Å²) in [7, 11) is 0. The molecule has 0 saturated carbocycles. The van der Waals surface area contributed by atoms with Crippen LogP contribution in [0.2, 0.25) is 0 Å². The summed E-state index contributed by atoms with van der Waals surface area (Å²) in [5.41, 5.74) is 2.58. The normalized spacial score (nSPS) is 17.1. The van der Waals surface area contributed by atoms with Crippen molar-refractivity contribution in [2.24, 2.45) is 0 Å². The van der Waals surface area contributed by atoms with Crippen molar-refractivity contribution in [1.29, 1.82) is 0 Å². The molecular weight excluding hydrogens is 613 g/mol. The van der Waals surface area contributed by atoms with Crippen LogP contribution in [0.15, 0.2) is 72.8 Å². The maximum absolute atomic E-state index is 12.8. The molecular formula is C36H42N6O4S. The van der Waals surface area contributed by atoms with Gasteiger partial charge in [-0.2, -0.15) is 5.10 Å². The van der Waals surface area contributed by atoms with Crippen LogP contribution in [-0.4, -0.2) is 45.4 Å². The number of carbonyl (C=O) groups is 2. The Bertz CT molecular complexity index is 1610. The lowest BCUT2D eigenvalue weighted by molar-refractivity contribution is -0.116. The van der Waals surface area contributed by atoms with Gasteiger partial charge in [-0.25, -0.2) is 0 Å². The van der Waals surface area contributed by atoms with Crippen LogP contribution in [0.3, 0.4) is 0 Å². The number of rotatable bonds is 0.